The fraction of sp³-hybridized carbons (Fsp3) is 0.121. The van der Waals surface area contributed by atoms with Gasteiger partial charge in [-0.15, -0.1) is 0 Å². The summed E-state index contributed by atoms with van der Waals surface area (Å²) in [7, 11) is 0. The fourth-order valence-corrected chi connectivity index (χ4v) is 5.28. The number of ketones is 1. The zero-order chi connectivity index (χ0) is 29.5. The van der Waals surface area contributed by atoms with Gasteiger partial charge in [0.1, 0.15) is 0 Å². The number of nitrogens with zero attached hydrogens (tertiary/aromatic N) is 2. The fourth-order valence-electron chi connectivity index (χ4n) is 5.28. The Bertz CT molecular complexity index is 1660. The van der Waals surface area contributed by atoms with Crippen molar-refractivity contribution in [3.05, 3.63) is 129 Å². The van der Waals surface area contributed by atoms with Crippen molar-refractivity contribution in [2.24, 2.45) is 0 Å². The van der Waals surface area contributed by atoms with Gasteiger partial charge in [-0.1, -0.05) is 36.4 Å². The molecule has 0 saturated heterocycles. The van der Waals surface area contributed by atoms with Crippen molar-refractivity contribution >= 4 is 40.8 Å². The highest BCUT2D eigenvalue weighted by molar-refractivity contribution is 6.36. The number of anilines is 2. The van der Waals surface area contributed by atoms with E-state index < -0.39 is 29.4 Å². The van der Waals surface area contributed by atoms with Crippen molar-refractivity contribution in [2.45, 2.75) is 12.8 Å². The molecule has 0 spiro atoms. The van der Waals surface area contributed by atoms with E-state index >= 15 is 0 Å². The van der Waals surface area contributed by atoms with Gasteiger partial charge < -0.3 is 10.2 Å². The van der Waals surface area contributed by atoms with E-state index in [2.05, 4.69) is 0 Å². The van der Waals surface area contributed by atoms with E-state index in [4.69, 9.17) is 10.2 Å². The topological polar surface area (TPSA) is 132 Å². The van der Waals surface area contributed by atoms with E-state index in [1.807, 2.05) is 0 Å². The minimum absolute atomic E-state index is 0.0178. The summed E-state index contributed by atoms with van der Waals surface area (Å²) >= 11 is 0. The lowest BCUT2D eigenvalue weighted by Gasteiger charge is -2.14. The summed E-state index contributed by atoms with van der Waals surface area (Å²) in [4.78, 5) is 68.2. The SMILES string of the molecule is O=C(c1ccc2c(c1)C(=O)N(c1ccc(CCO)cc1)C2=O)c1ccc2c(c1)C(=O)N(c1ccc(CCO)cc1)C2=O. The first-order valence-corrected chi connectivity index (χ1v) is 13.3. The molecule has 208 valence electrons. The maximum atomic E-state index is 13.5. The van der Waals surface area contributed by atoms with Crippen molar-refractivity contribution < 1.29 is 34.2 Å². The van der Waals surface area contributed by atoms with E-state index in [-0.39, 0.29) is 46.6 Å². The van der Waals surface area contributed by atoms with Crippen LogP contribution in [0.1, 0.15) is 68.5 Å². The van der Waals surface area contributed by atoms with Gasteiger partial charge in [-0.3, -0.25) is 24.0 Å². The maximum Gasteiger partial charge on any atom is 0.266 e. The van der Waals surface area contributed by atoms with Crippen molar-refractivity contribution in [3.8, 4) is 0 Å². The van der Waals surface area contributed by atoms with Crippen LogP contribution in [0, 0.1) is 0 Å². The van der Waals surface area contributed by atoms with Crippen LogP contribution in [0.5, 0.6) is 0 Å². The van der Waals surface area contributed by atoms with Crippen LogP contribution in [-0.2, 0) is 12.8 Å². The Labute approximate surface area is 240 Å². The number of hydrogen-bond acceptors (Lipinski definition) is 7. The largest absolute Gasteiger partial charge is 0.396 e. The number of rotatable bonds is 8. The molecule has 0 unspecified atom stereocenters. The molecule has 2 N–H and O–H groups in total. The Balaban J connectivity index is 1.26. The molecule has 0 aliphatic carbocycles. The van der Waals surface area contributed by atoms with Gasteiger partial charge in [-0.2, -0.15) is 0 Å². The molecule has 4 aromatic rings. The van der Waals surface area contributed by atoms with Crippen LogP contribution < -0.4 is 9.80 Å². The summed E-state index contributed by atoms with van der Waals surface area (Å²) in [5.74, 6) is -2.60. The molecule has 2 aliphatic heterocycles. The number of carbonyl (C=O) groups excluding carboxylic acids is 5. The second kappa shape index (κ2) is 10.6. The molecule has 4 amide bonds. The van der Waals surface area contributed by atoms with E-state index in [0.717, 1.165) is 20.9 Å². The van der Waals surface area contributed by atoms with Gasteiger partial charge in [0.05, 0.1) is 33.6 Å². The number of aliphatic hydroxyl groups excluding tert-OH is 2. The third-order valence-electron chi connectivity index (χ3n) is 7.49. The second-order valence-corrected chi connectivity index (χ2v) is 10.0. The lowest BCUT2D eigenvalue weighted by Crippen LogP contribution is -2.29. The molecule has 0 atom stereocenters. The van der Waals surface area contributed by atoms with Crippen LogP contribution in [-0.4, -0.2) is 52.8 Å². The first-order valence-electron chi connectivity index (χ1n) is 13.3. The number of aliphatic hydroxyl groups is 2. The zero-order valence-corrected chi connectivity index (χ0v) is 22.2. The predicted octanol–water partition coefficient (Wildman–Crippen LogP) is 3.59. The standard InChI is InChI=1S/C33H24N2O7/c36-15-13-19-1-7-23(8-2-19)34-30(39)25-11-5-21(17-27(25)32(34)41)29(38)22-6-12-26-28(18-22)33(42)35(31(26)40)24-9-3-20(4-10-24)14-16-37/h1-12,17-18,36-37H,13-16H2. The van der Waals surface area contributed by atoms with Gasteiger partial charge in [0.25, 0.3) is 23.6 Å². The van der Waals surface area contributed by atoms with Crippen molar-refractivity contribution in [3.63, 3.8) is 0 Å². The molecule has 2 aliphatic rings. The Morgan fingerprint density at radius 1 is 0.500 bits per heavy atom. The Kier molecular flexibility index (Phi) is 6.82. The molecule has 4 aromatic carbocycles. The van der Waals surface area contributed by atoms with Gasteiger partial charge in [0.2, 0.25) is 0 Å². The molecule has 0 saturated carbocycles. The lowest BCUT2D eigenvalue weighted by molar-refractivity contribution is 0.0910. The van der Waals surface area contributed by atoms with Gasteiger partial charge in [0, 0.05) is 24.3 Å². The van der Waals surface area contributed by atoms with Crippen LogP contribution in [0.2, 0.25) is 0 Å². The second-order valence-electron chi connectivity index (χ2n) is 10.0. The molecule has 6 rings (SSSR count). The molecule has 9 heteroatoms. The third-order valence-corrected chi connectivity index (χ3v) is 7.49. The van der Waals surface area contributed by atoms with Crippen LogP contribution >= 0.6 is 0 Å². The van der Waals surface area contributed by atoms with Gasteiger partial charge >= 0.3 is 0 Å². The number of carbonyl (C=O) groups is 5. The molecular weight excluding hydrogens is 536 g/mol. The van der Waals surface area contributed by atoms with Gasteiger partial charge in [0.15, 0.2) is 5.78 Å². The van der Waals surface area contributed by atoms with Crippen LogP contribution in [0.3, 0.4) is 0 Å². The van der Waals surface area contributed by atoms with Crippen LogP contribution in [0.15, 0.2) is 84.9 Å². The molecule has 0 bridgehead atoms. The molecular formula is C33H24N2O7. The van der Waals surface area contributed by atoms with Crippen LogP contribution in [0.25, 0.3) is 0 Å². The highest BCUT2D eigenvalue weighted by Crippen LogP contribution is 2.32. The summed E-state index contributed by atoms with van der Waals surface area (Å²) in [5, 5.41) is 18.2. The normalized spacial score (nSPS) is 14.0. The van der Waals surface area contributed by atoms with Crippen molar-refractivity contribution in [1.29, 1.82) is 0 Å². The number of amides is 4. The van der Waals surface area contributed by atoms with E-state index in [1.165, 1.54) is 36.4 Å². The number of benzene rings is 4. The van der Waals surface area contributed by atoms with Crippen molar-refractivity contribution in [1.82, 2.24) is 0 Å². The first-order chi connectivity index (χ1) is 20.3. The quantitative estimate of drug-likeness (QED) is 0.249. The average molecular weight is 561 g/mol. The zero-order valence-electron chi connectivity index (χ0n) is 22.2. The van der Waals surface area contributed by atoms with E-state index in [1.54, 1.807) is 48.5 Å². The van der Waals surface area contributed by atoms with Crippen molar-refractivity contribution in [2.75, 3.05) is 23.0 Å². The average Bonchev–Trinajstić information content (AvgIpc) is 3.41. The lowest BCUT2D eigenvalue weighted by atomic mass is 9.96. The summed E-state index contributed by atoms with van der Waals surface area (Å²) in [6.07, 6.45) is 0.903. The van der Waals surface area contributed by atoms with Crippen LogP contribution in [0.4, 0.5) is 11.4 Å². The smallest absolute Gasteiger partial charge is 0.266 e. The molecule has 0 radical (unpaired) electrons. The number of imide groups is 2. The van der Waals surface area contributed by atoms with E-state index in [0.29, 0.717) is 24.2 Å². The number of fused-ring (bicyclic) bond motifs is 2. The Morgan fingerprint density at radius 2 is 0.857 bits per heavy atom. The minimum Gasteiger partial charge on any atom is -0.396 e. The third kappa shape index (κ3) is 4.41. The monoisotopic (exact) mass is 560 g/mol. The predicted molar refractivity (Wildman–Crippen MR) is 153 cm³/mol. The van der Waals surface area contributed by atoms with Gasteiger partial charge in [-0.05, 0) is 72.5 Å². The van der Waals surface area contributed by atoms with E-state index in [9.17, 15) is 24.0 Å². The summed E-state index contributed by atoms with van der Waals surface area (Å²) < 4.78 is 0. The molecule has 42 heavy (non-hydrogen) atoms. The highest BCUT2D eigenvalue weighted by atomic mass is 16.3. The number of hydrogen-bond donors (Lipinski definition) is 2. The van der Waals surface area contributed by atoms with Gasteiger partial charge in [-0.25, -0.2) is 9.80 Å². The Hall–Kier alpha value is -5.25. The summed E-state index contributed by atoms with van der Waals surface area (Å²) in [6.45, 7) is -0.0357. The molecule has 0 fully saturated rings. The minimum atomic E-state index is -0.560. The Morgan fingerprint density at radius 3 is 1.21 bits per heavy atom. The molecule has 2 heterocycles. The summed E-state index contributed by atoms with van der Waals surface area (Å²) in [6, 6.07) is 22.0. The first kappa shape index (κ1) is 26.9. The molecule has 0 aromatic heterocycles. The maximum absolute atomic E-state index is 13.5. The summed E-state index contributed by atoms with van der Waals surface area (Å²) in [5.41, 5.74) is 3.32. The molecule has 9 nitrogen and oxygen atoms in total. The highest BCUT2D eigenvalue weighted by Gasteiger charge is 2.39.